The highest BCUT2D eigenvalue weighted by Crippen LogP contribution is 2.73. The minimum atomic E-state index is 0.550. The molecule has 0 saturated heterocycles. The average Bonchev–Trinajstić information content (AvgIpc) is 4.39. The zero-order chi connectivity index (χ0) is 53.5. The Bertz CT molecular complexity index is 1930. The van der Waals surface area contributed by atoms with Gasteiger partial charge in [0.2, 0.25) is 0 Å². The Morgan fingerprint density at radius 2 is 0.405 bits per heavy atom. The molecule has 0 aromatic carbocycles. The van der Waals surface area contributed by atoms with Crippen molar-refractivity contribution in [1.82, 2.24) is 9.80 Å². The molecule has 16 aliphatic rings. The van der Waals surface area contributed by atoms with Gasteiger partial charge in [0.25, 0.3) is 0 Å². The maximum Gasteiger partial charge on any atom is 0.0104 e. The molecule has 2 heteroatoms. The van der Waals surface area contributed by atoms with E-state index in [1.807, 2.05) is 0 Å². The average molecular weight is 1080 g/mol. The topological polar surface area (TPSA) is 6.48 Å². The van der Waals surface area contributed by atoms with Gasteiger partial charge in [-0.05, 0) is 325 Å². The molecule has 0 N–H and O–H groups in total. The largest absolute Gasteiger partial charge is 0.294 e. The quantitative estimate of drug-likeness (QED) is 0.262. The van der Waals surface area contributed by atoms with Crippen LogP contribution in [0.2, 0.25) is 0 Å². The van der Waals surface area contributed by atoms with Crippen LogP contribution < -0.4 is 0 Å². The van der Waals surface area contributed by atoms with E-state index >= 15 is 0 Å². The van der Waals surface area contributed by atoms with E-state index in [-0.39, 0.29) is 0 Å². The van der Waals surface area contributed by atoms with Crippen LogP contribution in [0.1, 0.15) is 299 Å². The molecule has 16 fully saturated rings. The lowest BCUT2D eigenvalue weighted by Crippen LogP contribution is -2.57. The molecule has 0 heterocycles. The lowest BCUT2D eigenvalue weighted by molar-refractivity contribution is -0.0553. The molecule has 0 aliphatic heterocycles. The first-order valence-corrected chi connectivity index (χ1v) is 37.7. The van der Waals surface area contributed by atoms with Crippen LogP contribution in [0.25, 0.3) is 0 Å². The first-order valence-electron chi connectivity index (χ1n) is 37.7. The van der Waals surface area contributed by atoms with Crippen molar-refractivity contribution < 1.29 is 0 Å². The predicted molar refractivity (Wildman–Crippen MR) is 329 cm³/mol. The zero-order valence-corrected chi connectivity index (χ0v) is 53.3. The number of nitrogens with zero attached hydrogens (tertiary/aromatic N) is 2. The molecule has 0 radical (unpaired) electrons. The second-order valence-corrected chi connectivity index (χ2v) is 37.3. The molecular formula is C77H126N2. The van der Waals surface area contributed by atoms with Crippen molar-refractivity contribution in [2.75, 3.05) is 0 Å². The van der Waals surface area contributed by atoms with E-state index in [9.17, 15) is 0 Å². The van der Waals surface area contributed by atoms with E-state index < -0.39 is 0 Å². The highest BCUT2D eigenvalue weighted by molar-refractivity contribution is 5.17. The van der Waals surface area contributed by atoms with Gasteiger partial charge in [0, 0.05) is 36.3 Å². The van der Waals surface area contributed by atoms with Crippen LogP contribution in [-0.2, 0) is 0 Å². The lowest BCUT2D eigenvalue weighted by atomic mass is 9.62. The highest BCUT2D eigenvalue weighted by atomic mass is 15.2. The third-order valence-corrected chi connectivity index (χ3v) is 34.5. The number of hydrogen-bond donors (Lipinski definition) is 0. The summed E-state index contributed by atoms with van der Waals surface area (Å²) in [5.41, 5.74) is 2.86. The molecule has 0 bridgehead atoms. The van der Waals surface area contributed by atoms with Crippen molar-refractivity contribution >= 4 is 0 Å². The van der Waals surface area contributed by atoms with Gasteiger partial charge in [-0.1, -0.05) is 120 Å². The van der Waals surface area contributed by atoms with Crippen LogP contribution in [0.4, 0.5) is 0 Å². The summed E-state index contributed by atoms with van der Waals surface area (Å²) in [7, 11) is 0. The van der Waals surface area contributed by atoms with Gasteiger partial charge in [-0.25, -0.2) is 0 Å². The second-order valence-electron chi connectivity index (χ2n) is 37.3. The molecule has 26 unspecified atom stereocenters. The van der Waals surface area contributed by atoms with Crippen molar-refractivity contribution in [2.45, 2.75) is 336 Å². The molecule has 0 aromatic rings. The van der Waals surface area contributed by atoms with Gasteiger partial charge in [0.1, 0.15) is 0 Å². The molecule has 444 valence electrons. The van der Waals surface area contributed by atoms with E-state index in [1.54, 1.807) is 193 Å². The predicted octanol–water partition coefficient (Wildman–Crippen LogP) is 20.3. The van der Waals surface area contributed by atoms with Crippen LogP contribution in [0.3, 0.4) is 0 Å². The fourth-order valence-corrected chi connectivity index (χ4v) is 31.8. The summed E-state index contributed by atoms with van der Waals surface area (Å²) in [4.78, 5) is 7.17. The maximum atomic E-state index is 3.59. The Morgan fingerprint density at radius 3 is 0.658 bits per heavy atom. The van der Waals surface area contributed by atoms with Crippen molar-refractivity contribution in [1.29, 1.82) is 0 Å². The van der Waals surface area contributed by atoms with Crippen LogP contribution in [0, 0.1) is 145 Å². The molecule has 79 heavy (non-hydrogen) atoms. The Morgan fingerprint density at radius 1 is 0.203 bits per heavy atom. The molecular weight excluding hydrogens is 953 g/mol. The smallest absolute Gasteiger partial charge is 0.0104 e. The van der Waals surface area contributed by atoms with Gasteiger partial charge in [-0.15, -0.1) is 0 Å². The molecule has 16 saturated carbocycles. The van der Waals surface area contributed by atoms with Crippen molar-refractivity contribution in [3.8, 4) is 0 Å². The summed E-state index contributed by atoms with van der Waals surface area (Å²) in [5.74, 6) is 20.5. The number of hydrogen-bond acceptors (Lipinski definition) is 2. The first-order chi connectivity index (χ1) is 38.2. The minimum absolute atomic E-state index is 0.550. The Balaban J connectivity index is 0.705. The number of fused-ring (bicyclic) bond motifs is 17. The second kappa shape index (κ2) is 20.0. The highest BCUT2D eigenvalue weighted by Gasteiger charge is 2.67. The third-order valence-electron chi connectivity index (χ3n) is 34.5. The molecule has 2 nitrogen and oxygen atoms in total. The third kappa shape index (κ3) is 8.14. The summed E-state index contributed by atoms with van der Waals surface area (Å²) in [5, 5.41) is 0. The normalized spacial score (nSPS) is 54.2. The van der Waals surface area contributed by atoms with Gasteiger partial charge in [0.05, 0.1) is 0 Å². The van der Waals surface area contributed by atoms with E-state index in [0.717, 1.165) is 155 Å². The summed E-state index contributed by atoms with van der Waals surface area (Å²) in [6, 6.07) is 5.20. The van der Waals surface area contributed by atoms with Crippen LogP contribution >= 0.6 is 0 Å². The van der Waals surface area contributed by atoms with Crippen molar-refractivity contribution in [3.63, 3.8) is 0 Å². The minimum Gasteiger partial charge on any atom is -0.294 e. The fraction of sp³-hybridized carbons (Fsp3) is 1.00. The Kier molecular flexibility index (Phi) is 13.7. The van der Waals surface area contributed by atoms with Crippen LogP contribution in [-0.4, -0.2) is 46.1 Å². The Labute approximate surface area is 488 Å². The summed E-state index contributed by atoms with van der Waals surface area (Å²) in [6.45, 7) is 22.6. The van der Waals surface area contributed by atoms with E-state index in [1.165, 1.54) is 51.4 Å². The zero-order valence-electron chi connectivity index (χ0n) is 53.3. The Hall–Kier alpha value is -0.0800. The van der Waals surface area contributed by atoms with Crippen molar-refractivity contribution in [3.05, 3.63) is 0 Å². The van der Waals surface area contributed by atoms with Crippen LogP contribution in [0.15, 0.2) is 0 Å². The first kappa shape index (κ1) is 54.3. The molecule has 0 aromatic heterocycles. The lowest BCUT2D eigenvalue weighted by Gasteiger charge is -2.55. The summed E-state index contributed by atoms with van der Waals surface area (Å²) >= 11 is 0. The molecule has 16 aliphatic carbocycles. The van der Waals surface area contributed by atoms with E-state index in [4.69, 9.17) is 0 Å². The van der Waals surface area contributed by atoms with Crippen molar-refractivity contribution in [2.24, 2.45) is 145 Å². The van der Waals surface area contributed by atoms with Gasteiger partial charge in [-0.2, -0.15) is 0 Å². The molecule has 16 rings (SSSR count). The van der Waals surface area contributed by atoms with Gasteiger partial charge < -0.3 is 0 Å². The standard InChI is InChI=1S/C77H126N2/c1-73(2)63-23-13-9-19-53(63)57-33-27-47(41-67(57)73)78(48-28-34-58-54-20-10-14-24-64(54)74(3,4)68(58)42-48)51-31-37-61-62-38-32-52(46-72(62)77(71(61)45-51)39-17-18-40-77)79(49-29-35-59-55-21-11-15-25-65(55)75(5,6)69(59)43-49)50-30-36-60-56-22-12-16-26-66(56)76(7,8)70(60)44-50/h47-72H,9-46H2,1-8H3. The van der Waals surface area contributed by atoms with E-state index in [2.05, 4.69) is 65.2 Å². The maximum absolute atomic E-state index is 3.59. The molecule has 0 amide bonds. The summed E-state index contributed by atoms with van der Waals surface area (Å²) < 4.78 is 0. The summed E-state index contributed by atoms with van der Waals surface area (Å²) in [6.07, 6.45) is 59.6. The van der Waals surface area contributed by atoms with Crippen LogP contribution in [0.5, 0.6) is 0 Å². The number of rotatable bonds is 6. The van der Waals surface area contributed by atoms with Gasteiger partial charge >= 0.3 is 0 Å². The van der Waals surface area contributed by atoms with Gasteiger partial charge in [-0.3, -0.25) is 9.80 Å². The SMILES string of the molecule is CC1(C)C2CCCCC2C2CCC(N(C3CCC4C5CCCCC5C(C)(C)C4C3)C3CCC4C5CCC(N(C6CCC7C8CCCCC8C(C)(C)C7C6)C6CCC7C8CCCCC8C(C)(C)C7C6)CC5C5(CCCC5)C4C3)CC21. The monoisotopic (exact) mass is 1080 g/mol. The molecule has 26 atom stereocenters. The van der Waals surface area contributed by atoms with E-state index in [0.29, 0.717) is 27.1 Å². The van der Waals surface area contributed by atoms with Gasteiger partial charge in [0.15, 0.2) is 0 Å². The molecule has 1 spiro atoms. The fourth-order valence-electron chi connectivity index (χ4n) is 31.8.